The van der Waals surface area contributed by atoms with Gasteiger partial charge in [-0.2, -0.15) is 0 Å². The molecule has 0 aliphatic heterocycles. The lowest BCUT2D eigenvalue weighted by atomic mass is 9.45. The van der Waals surface area contributed by atoms with E-state index in [1.807, 2.05) is 6.92 Å². The molecule has 0 bridgehead atoms. The molecule has 0 amide bonds. The summed E-state index contributed by atoms with van der Waals surface area (Å²) in [5, 5.41) is 31.6. The van der Waals surface area contributed by atoms with Crippen molar-refractivity contribution in [2.24, 2.45) is 28.6 Å². The molecule has 0 aromatic heterocycles. The fourth-order valence-corrected chi connectivity index (χ4v) is 7.70. The summed E-state index contributed by atoms with van der Waals surface area (Å²) in [6.07, 6.45) is 4.30. The smallest absolute Gasteiger partial charge is 0.306 e. The first-order chi connectivity index (χ1) is 15.4. The van der Waals surface area contributed by atoms with Gasteiger partial charge in [0.25, 0.3) is 0 Å². The molecule has 4 aliphatic rings. The maximum absolute atomic E-state index is 13.1. The molecule has 33 heavy (non-hydrogen) atoms. The molecule has 0 aromatic rings. The normalized spacial score (nSPS) is 41.9. The van der Waals surface area contributed by atoms with Gasteiger partial charge in [-0.15, -0.1) is 0 Å². The summed E-state index contributed by atoms with van der Waals surface area (Å²) < 4.78 is 4.97. The van der Waals surface area contributed by atoms with Crippen LogP contribution in [0.3, 0.4) is 0 Å². The molecule has 0 heterocycles. The Kier molecular flexibility index (Phi) is 6.06. The van der Waals surface area contributed by atoms with E-state index < -0.39 is 41.4 Å². The topological polar surface area (TPSA) is 138 Å². The molecule has 4 rings (SSSR count). The number of ether oxygens (including phenoxy) is 1. The second-order valence-corrected chi connectivity index (χ2v) is 11.0. The zero-order valence-electron chi connectivity index (χ0n) is 19.3. The summed E-state index contributed by atoms with van der Waals surface area (Å²) in [6, 6.07) is 0. The maximum Gasteiger partial charge on any atom is 0.306 e. The number of esters is 1. The van der Waals surface area contributed by atoms with Crippen molar-refractivity contribution in [1.29, 1.82) is 0 Å². The van der Waals surface area contributed by atoms with Gasteiger partial charge in [0.15, 0.2) is 12.4 Å². The van der Waals surface area contributed by atoms with Crippen LogP contribution in [0, 0.1) is 28.6 Å². The van der Waals surface area contributed by atoms with Crippen LogP contribution in [-0.4, -0.2) is 57.1 Å². The number of allylic oxidation sites excluding steroid dienone is 1. The molecule has 3 fully saturated rings. The SMILES string of the molecule is C[C@]12CCC(=O)C=C1CC[C@H]1C3CC[C@](O)(C(=O)COC(=O)CCC(=O)O)[C@@]3(C)C[C@H](O)[C@@H]12. The Bertz CT molecular complexity index is 908. The summed E-state index contributed by atoms with van der Waals surface area (Å²) in [7, 11) is 0. The van der Waals surface area contributed by atoms with Crippen LogP contribution in [0.1, 0.15) is 71.6 Å². The highest BCUT2D eigenvalue weighted by molar-refractivity contribution is 5.92. The number of aliphatic hydroxyl groups is 2. The standard InChI is InChI=1S/C25H34O8/c1-23-9-7-15(26)11-14(23)3-4-16-17-8-10-25(32,24(17,2)12-18(27)22(16)23)19(28)13-33-21(31)6-5-20(29)30/h11,16-18,22,27,32H,3-10,12-13H2,1-2H3,(H,29,30)/t16-,17?,18-,22+,23-,24-,25-/m0/s1. The molecule has 8 nitrogen and oxygen atoms in total. The van der Waals surface area contributed by atoms with Gasteiger partial charge < -0.3 is 20.1 Å². The molecule has 0 spiro atoms. The van der Waals surface area contributed by atoms with Crippen LogP contribution in [0.5, 0.6) is 0 Å². The van der Waals surface area contributed by atoms with E-state index in [1.54, 1.807) is 6.08 Å². The molecule has 0 saturated heterocycles. The Hall–Kier alpha value is -2.06. The fraction of sp³-hybridized carbons (Fsp3) is 0.760. The number of Topliss-reactive ketones (excluding diaryl/α,β-unsaturated/α-hetero) is 1. The van der Waals surface area contributed by atoms with E-state index in [4.69, 9.17) is 9.84 Å². The van der Waals surface area contributed by atoms with Crippen molar-refractivity contribution >= 4 is 23.5 Å². The van der Waals surface area contributed by atoms with Gasteiger partial charge >= 0.3 is 11.9 Å². The molecular formula is C25H34O8. The third-order valence-electron chi connectivity index (χ3n) is 9.42. The van der Waals surface area contributed by atoms with Crippen LogP contribution < -0.4 is 0 Å². The lowest BCUT2D eigenvalue weighted by Gasteiger charge is -2.60. The number of hydrogen-bond acceptors (Lipinski definition) is 7. The summed E-state index contributed by atoms with van der Waals surface area (Å²) >= 11 is 0. The maximum atomic E-state index is 13.1. The highest BCUT2D eigenvalue weighted by Crippen LogP contribution is 2.67. The lowest BCUT2D eigenvalue weighted by Crippen LogP contribution is -2.62. The lowest BCUT2D eigenvalue weighted by molar-refractivity contribution is -0.184. The molecule has 3 N–H and O–H groups in total. The number of fused-ring (bicyclic) bond motifs is 5. The van der Waals surface area contributed by atoms with E-state index in [-0.39, 0.29) is 54.6 Å². The van der Waals surface area contributed by atoms with Crippen LogP contribution in [0.4, 0.5) is 0 Å². The first kappa shape index (κ1) is 24.1. The highest BCUT2D eigenvalue weighted by atomic mass is 16.5. The Balaban J connectivity index is 1.53. The Morgan fingerprint density at radius 3 is 2.55 bits per heavy atom. The number of rotatable bonds is 6. The zero-order valence-corrected chi connectivity index (χ0v) is 19.3. The number of aliphatic carboxylic acids is 1. The van der Waals surface area contributed by atoms with Crippen LogP contribution in [0.15, 0.2) is 11.6 Å². The molecular weight excluding hydrogens is 428 g/mol. The van der Waals surface area contributed by atoms with Gasteiger partial charge in [-0.3, -0.25) is 19.2 Å². The van der Waals surface area contributed by atoms with Gasteiger partial charge in [0, 0.05) is 11.8 Å². The Morgan fingerprint density at radius 1 is 1.12 bits per heavy atom. The molecule has 7 atom stereocenters. The number of carbonyl (C=O) groups excluding carboxylic acids is 3. The Morgan fingerprint density at radius 2 is 1.85 bits per heavy atom. The van der Waals surface area contributed by atoms with Gasteiger partial charge in [-0.05, 0) is 67.8 Å². The number of carbonyl (C=O) groups is 4. The van der Waals surface area contributed by atoms with Gasteiger partial charge in [0.05, 0.1) is 18.9 Å². The largest absolute Gasteiger partial charge is 0.481 e. The fourth-order valence-electron chi connectivity index (χ4n) is 7.70. The highest BCUT2D eigenvalue weighted by Gasteiger charge is 2.68. The number of carboxylic acid groups (broad SMARTS) is 1. The van der Waals surface area contributed by atoms with Gasteiger partial charge in [-0.1, -0.05) is 19.4 Å². The van der Waals surface area contributed by atoms with Crippen molar-refractivity contribution in [2.45, 2.75) is 83.3 Å². The van der Waals surface area contributed by atoms with Crippen molar-refractivity contribution in [3.63, 3.8) is 0 Å². The zero-order chi connectivity index (χ0) is 24.2. The van der Waals surface area contributed by atoms with E-state index in [2.05, 4.69) is 6.92 Å². The monoisotopic (exact) mass is 462 g/mol. The minimum atomic E-state index is -1.71. The second-order valence-electron chi connectivity index (χ2n) is 11.0. The number of ketones is 2. The van der Waals surface area contributed by atoms with Crippen LogP contribution >= 0.6 is 0 Å². The molecule has 3 saturated carbocycles. The average molecular weight is 463 g/mol. The van der Waals surface area contributed by atoms with E-state index >= 15 is 0 Å². The predicted octanol–water partition coefficient (Wildman–Crippen LogP) is 2.20. The van der Waals surface area contributed by atoms with Crippen molar-refractivity contribution in [1.82, 2.24) is 0 Å². The number of hydrogen-bond donors (Lipinski definition) is 3. The van der Waals surface area contributed by atoms with Crippen molar-refractivity contribution in [2.75, 3.05) is 6.61 Å². The number of carboxylic acids is 1. The molecule has 8 heteroatoms. The number of aliphatic hydroxyl groups excluding tert-OH is 1. The first-order valence-corrected chi connectivity index (χ1v) is 12.0. The third-order valence-corrected chi connectivity index (χ3v) is 9.42. The Labute approximate surface area is 193 Å². The molecule has 0 aromatic carbocycles. The summed E-state index contributed by atoms with van der Waals surface area (Å²) in [5.74, 6) is -2.20. The molecule has 1 unspecified atom stereocenters. The minimum Gasteiger partial charge on any atom is -0.481 e. The first-order valence-electron chi connectivity index (χ1n) is 12.0. The second kappa shape index (κ2) is 8.31. The quantitative estimate of drug-likeness (QED) is 0.511. The molecule has 182 valence electrons. The minimum absolute atomic E-state index is 0.0185. The van der Waals surface area contributed by atoms with E-state index in [0.29, 0.717) is 12.8 Å². The van der Waals surface area contributed by atoms with Crippen molar-refractivity contribution in [3.05, 3.63) is 11.6 Å². The molecule has 0 radical (unpaired) electrons. The third kappa shape index (κ3) is 3.75. The average Bonchev–Trinajstić information content (AvgIpc) is 3.02. The van der Waals surface area contributed by atoms with Crippen LogP contribution in [0.25, 0.3) is 0 Å². The van der Waals surface area contributed by atoms with E-state index in [9.17, 15) is 29.4 Å². The summed E-state index contributed by atoms with van der Waals surface area (Å²) in [5.41, 5.74) is -1.68. The summed E-state index contributed by atoms with van der Waals surface area (Å²) in [6.45, 7) is 3.41. The van der Waals surface area contributed by atoms with Gasteiger partial charge in [0.2, 0.25) is 5.78 Å². The van der Waals surface area contributed by atoms with Crippen molar-refractivity contribution < 1.29 is 39.2 Å². The van der Waals surface area contributed by atoms with Crippen LogP contribution in [-0.2, 0) is 23.9 Å². The van der Waals surface area contributed by atoms with Crippen molar-refractivity contribution in [3.8, 4) is 0 Å². The van der Waals surface area contributed by atoms with E-state index in [1.165, 1.54) is 0 Å². The molecule has 4 aliphatic carbocycles. The summed E-state index contributed by atoms with van der Waals surface area (Å²) in [4.78, 5) is 47.5. The predicted molar refractivity (Wildman–Crippen MR) is 116 cm³/mol. The van der Waals surface area contributed by atoms with E-state index in [0.717, 1.165) is 24.8 Å². The van der Waals surface area contributed by atoms with Gasteiger partial charge in [-0.25, -0.2) is 0 Å². The van der Waals surface area contributed by atoms with Gasteiger partial charge in [0.1, 0.15) is 5.60 Å². The van der Waals surface area contributed by atoms with Crippen LogP contribution in [0.2, 0.25) is 0 Å².